The molecule has 1 rings (SSSR count). The summed E-state index contributed by atoms with van der Waals surface area (Å²) in [5.41, 5.74) is 0. The van der Waals surface area contributed by atoms with Gasteiger partial charge in [-0.25, -0.2) is 0 Å². The molecule has 0 atom stereocenters. The molecular weight excluding hydrogens is 150 g/mol. The van der Waals surface area contributed by atoms with Gasteiger partial charge in [0.05, 0.1) is 0 Å². The molecule has 2 heteroatoms. The Kier molecular flexibility index (Phi) is 4.69. The molecule has 0 radical (unpaired) electrons. The Morgan fingerprint density at radius 2 is 1.92 bits per heavy atom. The summed E-state index contributed by atoms with van der Waals surface area (Å²) >= 11 is 0. The second-order valence-electron chi connectivity index (χ2n) is 3.26. The average molecular weight is 167 g/mol. The van der Waals surface area contributed by atoms with E-state index in [-0.39, 0.29) is 0 Å². The van der Waals surface area contributed by atoms with E-state index in [1.807, 2.05) is 6.08 Å². The minimum absolute atomic E-state index is 0.843. The summed E-state index contributed by atoms with van der Waals surface area (Å²) in [5, 5.41) is 0. The highest BCUT2D eigenvalue weighted by Crippen LogP contribution is 2.08. The van der Waals surface area contributed by atoms with Crippen molar-refractivity contribution < 1.29 is 4.79 Å². The highest BCUT2D eigenvalue weighted by molar-refractivity contribution is 5.64. The van der Waals surface area contributed by atoms with Gasteiger partial charge in [0.25, 0.3) is 0 Å². The van der Waals surface area contributed by atoms with E-state index in [4.69, 9.17) is 0 Å². The number of hydrogen-bond donors (Lipinski definition) is 0. The first-order chi connectivity index (χ1) is 5.93. The fourth-order valence-electron chi connectivity index (χ4n) is 1.59. The van der Waals surface area contributed by atoms with Crippen LogP contribution in [-0.2, 0) is 4.79 Å². The molecule has 1 heterocycles. The Balaban J connectivity index is 2.05. The maximum absolute atomic E-state index is 9.96. The first-order valence-electron chi connectivity index (χ1n) is 4.76. The number of hydrogen-bond acceptors (Lipinski definition) is 2. The summed E-state index contributed by atoms with van der Waals surface area (Å²) in [4.78, 5) is 12.4. The number of nitrogens with zero attached hydrogens (tertiary/aromatic N) is 1. The molecule has 0 amide bonds. The lowest BCUT2D eigenvalue weighted by Gasteiger charge is -2.25. The van der Waals surface area contributed by atoms with Crippen molar-refractivity contribution in [1.82, 2.24) is 4.90 Å². The van der Waals surface area contributed by atoms with E-state index >= 15 is 0 Å². The predicted octanol–water partition coefficient (Wildman–Crippen LogP) is 1.62. The van der Waals surface area contributed by atoms with Crippen molar-refractivity contribution in [2.24, 2.45) is 0 Å². The summed E-state index contributed by atoms with van der Waals surface area (Å²) < 4.78 is 0. The van der Waals surface area contributed by atoms with Crippen LogP contribution in [0.2, 0.25) is 0 Å². The molecule has 1 aliphatic heterocycles. The number of rotatable bonds is 4. The fraction of sp³-hybridized carbons (Fsp3) is 0.700. The summed E-state index contributed by atoms with van der Waals surface area (Å²) in [6.45, 7) is 3.61. The van der Waals surface area contributed by atoms with E-state index < -0.39 is 0 Å². The molecule has 2 nitrogen and oxygen atoms in total. The number of likely N-dealkylation sites (tertiary alicyclic amines) is 1. The molecule has 0 saturated carbocycles. The largest absolute Gasteiger partial charge is 0.303 e. The zero-order valence-corrected chi connectivity index (χ0v) is 7.54. The smallest absolute Gasteiger partial charge is 0.142 e. The van der Waals surface area contributed by atoms with Gasteiger partial charge in [-0.2, -0.15) is 0 Å². The topological polar surface area (TPSA) is 20.3 Å². The van der Waals surface area contributed by atoms with Crippen LogP contribution in [0.25, 0.3) is 0 Å². The minimum Gasteiger partial charge on any atom is -0.303 e. The summed E-state index contributed by atoms with van der Waals surface area (Å²) in [6, 6.07) is 0. The third-order valence-corrected chi connectivity index (χ3v) is 2.28. The molecule has 0 unspecified atom stereocenters. The van der Waals surface area contributed by atoms with Crippen molar-refractivity contribution in [3.63, 3.8) is 0 Å². The number of piperidine rings is 1. The van der Waals surface area contributed by atoms with Crippen LogP contribution in [0.3, 0.4) is 0 Å². The van der Waals surface area contributed by atoms with Gasteiger partial charge in [-0.1, -0.05) is 12.5 Å². The standard InChI is InChI=1S/C10H17NO/c12-10-6-2-5-9-11-7-3-1-4-8-11/h2,6,10H,1,3-5,7-9H2/b6-2-. The molecule has 0 bridgehead atoms. The van der Waals surface area contributed by atoms with Crippen molar-refractivity contribution >= 4 is 6.29 Å². The number of allylic oxidation sites excluding steroid dienone is 1. The van der Waals surface area contributed by atoms with E-state index in [0.29, 0.717) is 0 Å². The second-order valence-corrected chi connectivity index (χ2v) is 3.26. The molecule has 0 N–H and O–H groups in total. The zero-order chi connectivity index (χ0) is 8.65. The van der Waals surface area contributed by atoms with Gasteiger partial charge in [-0.3, -0.25) is 4.79 Å². The van der Waals surface area contributed by atoms with Gasteiger partial charge in [0.1, 0.15) is 6.29 Å². The molecule has 0 aromatic heterocycles. The number of aldehydes is 1. The van der Waals surface area contributed by atoms with Crippen LogP contribution in [0, 0.1) is 0 Å². The molecule has 68 valence electrons. The van der Waals surface area contributed by atoms with E-state index in [1.54, 1.807) is 6.08 Å². The van der Waals surface area contributed by atoms with Crippen molar-refractivity contribution in [1.29, 1.82) is 0 Å². The molecule has 0 aliphatic carbocycles. The molecular formula is C10H17NO. The van der Waals surface area contributed by atoms with E-state index in [0.717, 1.165) is 19.3 Å². The van der Waals surface area contributed by atoms with Crippen LogP contribution >= 0.6 is 0 Å². The molecule has 1 aliphatic rings. The maximum Gasteiger partial charge on any atom is 0.142 e. The molecule has 0 spiro atoms. The van der Waals surface area contributed by atoms with Gasteiger partial charge in [-0.15, -0.1) is 0 Å². The SMILES string of the molecule is O=C/C=C\CCN1CCCCC1. The quantitative estimate of drug-likeness (QED) is 0.468. The summed E-state index contributed by atoms with van der Waals surface area (Å²) in [5.74, 6) is 0. The van der Waals surface area contributed by atoms with Crippen LogP contribution in [0.5, 0.6) is 0 Å². The summed E-state index contributed by atoms with van der Waals surface area (Å²) in [7, 11) is 0. The highest BCUT2D eigenvalue weighted by atomic mass is 16.1. The Morgan fingerprint density at radius 1 is 1.17 bits per heavy atom. The Morgan fingerprint density at radius 3 is 2.58 bits per heavy atom. The monoisotopic (exact) mass is 167 g/mol. The Labute approximate surface area is 74.2 Å². The molecule has 0 aromatic carbocycles. The van der Waals surface area contributed by atoms with Crippen LogP contribution < -0.4 is 0 Å². The Bertz CT molecular complexity index is 148. The highest BCUT2D eigenvalue weighted by Gasteiger charge is 2.07. The Hall–Kier alpha value is -0.630. The lowest BCUT2D eigenvalue weighted by Crippen LogP contribution is -2.30. The van der Waals surface area contributed by atoms with Crippen LogP contribution in [0.1, 0.15) is 25.7 Å². The van der Waals surface area contributed by atoms with Gasteiger partial charge in [0, 0.05) is 6.54 Å². The van der Waals surface area contributed by atoms with Gasteiger partial charge >= 0.3 is 0 Å². The molecule has 1 saturated heterocycles. The molecule has 12 heavy (non-hydrogen) atoms. The number of carbonyl (C=O) groups excluding carboxylic acids is 1. The lowest BCUT2D eigenvalue weighted by atomic mass is 10.1. The molecule has 1 fully saturated rings. The minimum atomic E-state index is 0.843. The van der Waals surface area contributed by atoms with Crippen LogP contribution in [-0.4, -0.2) is 30.8 Å². The van der Waals surface area contributed by atoms with Crippen LogP contribution in [0.4, 0.5) is 0 Å². The van der Waals surface area contributed by atoms with Crippen LogP contribution in [0.15, 0.2) is 12.2 Å². The third-order valence-electron chi connectivity index (χ3n) is 2.28. The van der Waals surface area contributed by atoms with Crippen molar-refractivity contribution in [3.05, 3.63) is 12.2 Å². The first kappa shape index (κ1) is 9.46. The third kappa shape index (κ3) is 3.67. The number of carbonyl (C=O) groups is 1. The van der Waals surface area contributed by atoms with Gasteiger partial charge in [0.15, 0.2) is 0 Å². The van der Waals surface area contributed by atoms with Crippen molar-refractivity contribution in [3.8, 4) is 0 Å². The van der Waals surface area contributed by atoms with Gasteiger partial charge in [-0.05, 0) is 38.4 Å². The predicted molar refractivity (Wildman–Crippen MR) is 50.1 cm³/mol. The molecule has 0 aromatic rings. The van der Waals surface area contributed by atoms with Gasteiger partial charge < -0.3 is 4.90 Å². The normalized spacial score (nSPS) is 20.0. The average Bonchev–Trinajstić information content (AvgIpc) is 2.14. The summed E-state index contributed by atoms with van der Waals surface area (Å²) in [6.07, 6.45) is 9.47. The first-order valence-corrected chi connectivity index (χ1v) is 4.76. The second kappa shape index (κ2) is 5.95. The van der Waals surface area contributed by atoms with Crippen molar-refractivity contribution in [2.45, 2.75) is 25.7 Å². The fourth-order valence-corrected chi connectivity index (χ4v) is 1.59. The van der Waals surface area contributed by atoms with E-state index in [1.165, 1.54) is 32.4 Å². The lowest BCUT2D eigenvalue weighted by molar-refractivity contribution is -0.104. The van der Waals surface area contributed by atoms with Gasteiger partial charge in [0.2, 0.25) is 0 Å². The maximum atomic E-state index is 9.96. The zero-order valence-electron chi connectivity index (χ0n) is 7.54. The van der Waals surface area contributed by atoms with E-state index in [2.05, 4.69) is 4.90 Å². The van der Waals surface area contributed by atoms with E-state index in [9.17, 15) is 4.79 Å². The van der Waals surface area contributed by atoms with Crippen molar-refractivity contribution in [2.75, 3.05) is 19.6 Å².